The molecule has 16 heteroatoms. The van der Waals surface area contributed by atoms with Crippen molar-refractivity contribution in [1.82, 2.24) is 29.5 Å². The Morgan fingerprint density at radius 2 is 1.75 bits per heavy atom. The van der Waals surface area contributed by atoms with Crippen LogP contribution in [0.1, 0.15) is 48.1 Å². The SMILES string of the molecule is COc1cccc(CN2CCC3(CCOc4ccc(C(F)(F)F)cc4S(=O)(=O)N4C[C@H](OCc5cn(Cc6ccccc6)nn5)C[C@H]4C(=O)N3)CC2)c1. The minimum Gasteiger partial charge on any atom is -0.497 e. The van der Waals surface area contributed by atoms with Crippen molar-refractivity contribution < 1.29 is 40.6 Å². The molecule has 7 rings (SSSR count). The van der Waals surface area contributed by atoms with Crippen LogP contribution in [0.25, 0.3) is 0 Å². The number of sulfonamides is 1. The van der Waals surface area contributed by atoms with Crippen LogP contribution >= 0.6 is 0 Å². The molecule has 2 atom stereocenters. The van der Waals surface area contributed by atoms with Gasteiger partial charge in [0.15, 0.2) is 0 Å². The molecular weight excluding hydrogens is 714 g/mol. The Labute approximate surface area is 305 Å². The molecule has 0 radical (unpaired) electrons. The molecule has 0 bridgehead atoms. The number of likely N-dealkylation sites (tertiary alicyclic amines) is 1. The van der Waals surface area contributed by atoms with Crippen molar-refractivity contribution in [3.05, 3.63) is 101 Å². The van der Waals surface area contributed by atoms with E-state index in [0.717, 1.165) is 33.3 Å². The van der Waals surface area contributed by atoms with E-state index < -0.39 is 50.3 Å². The summed E-state index contributed by atoms with van der Waals surface area (Å²) in [5.41, 5.74) is 0.753. The highest BCUT2D eigenvalue weighted by Crippen LogP contribution is 2.39. The molecule has 2 fully saturated rings. The lowest BCUT2D eigenvalue weighted by Gasteiger charge is -2.43. The van der Waals surface area contributed by atoms with Gasteiger partial charge in [0.05, 0.1) is 44.7 Å². The average molecular weight is 755 g/mol. The van der Waals surface area contributed by atoms with Crippen LogP contribution in [-0.4, -0.2) is 89.6 Å². The van der Waals surface area contributed by atoms with Gasteiger partial charge >= 0.3 is 6.18 Å². The summed E-state index contributed by atoms with van der Waals surface area (Å²) in [5, 5.41) is 11.5. The fourth-order valence-electron chi connectivity index (χ4n) is 7.29. The molecular formula is C37H41F3N6O6S. The zero-order chi connectivity index (χ0) is 37.2. The van der Waals surface area contributed by atoms with Gasteiger partial charge in [-0.3, -0.25) is 9.69 Å². The fraction of sp³-hybridized carbons (Fsp3) is 0.432. The number of hydrogen-bond acceptors (Lipinski definition) is 9. The van der Waals surface area contributed by atoms with Crippen LogP contribution in [0.15, 0.2) is 83.9 Å². The number of hydrogen-bond donors (Lipinski definition) is 1. The van der Waals surface area contributed by atoms with Gasteiger partial charge in [0, 0.05) is 44.6 Å². The van der Waals surface area contributed by atoms with E-state index in [1.54, 1.807) is 18.0 Å². The number of carbonyl (C=O) groups excluding carboxylic acids is 1. The van der Waals surface area contributed by atoms with Crippen molar-refractivity contribution in [2.24, 2.45) is 0 Å². The smallest absolute Gasteiger partial charge is 0.416 e. The number of nitrogens with one attached hydrogen (secondary N) is 1. The molecule has 4 heterocycles. The van der Waals surface area contributed by atoms with E-state index in [9.17, 15) is 26.4 Å². The summed E-state index contributed by atoms with van der Waals surface area (Å²) < 4.78 is 90.2. The van der Waals surface area contributed by atoms with Crippen molar-refractivity contribution in [2.45, 2.75) is 74.1 Å². The third-order valence-electron chi connectivity index (χ3n) is 10.2. The van der Waals surface area contributed by atoms with Gasteiger partial charge < -0.3 is 19.5 Å². The zero-order valence-corrected chi connectivity index (χ0v) is 30.0. The standard InChI is InChI=1S/C37H41F3N6O6S/c1-50-30-9-5-8-27(18-30)21-44-15-12-36(13-16-44)14-17-51-33-11-10-28(37(38,39)40)19-34(33)53(48,49)46-24-31(20-32(46)35(47)41-36)52-25-29-23-45(43-42-29)22-26-6-3-2-4-7-26/h2-11,18-19,23,31-32H,12-17,20-22,24-25H2,1H3,(H,41,47)/t31-,32+/m1/s1. The number of benzene rings is 3. The third kappa shape index (κ3) is 8.35. The van der Waals surface area contributed by atoms with E-state index in [1.807, 2.05) is 54.6 Å². The second-order valence-electron chi connectivity index (χ2n) is 13.8. The molecule has 0 unspecified atom stereocenters. The van der Waals surface area contributed by atoms with E-state index >= 15 is 0 Å². The number of fused-ring (bicyclic) bond motifs is 2. The molecule has 3 aromatic carbocycles. The summed E-state index contributed by atoms with van der Waals surface area (Å²) in [5.74, 6) is 0.0421. The van der Waals surface area contributed by atoms with Gasteiger partial charge in [0.2, 0.25) is 15.9 Å². The average Bonchev–Trinajstić information content (AvgIpc) is 3.79. The van der Waals surface area contributed by atoms with Crippen molar-refractivity contribution in [3.63, 3.8) is 0 Å². The van der Waals surface area contributed by atoms with Gasteiger partial charge in [0.25, 0.3) is 0 Å². The van der Waals surface area contributed by atoms with E-state index in [2.05, 4.69) is 20.5 Å². The molecule has 0 saturated carbocycles. The number of piperidine rings is 1. The normalized spacial score (nSPS) is 21.9. The largest absolute Gasteiger partial charge is 0.497 e. The van der Waals surface area contributed by atoms with E-state index in [1.165, 1.54) is 0 Å². The van der Waals surface area contributed by atoms with Gasteiger partial charge in [0.1, 0.15) is 28.1 Å². The number of carbonyl (C=O) groups is 1. The summed E-state index contributed by atoms with van der Waals surface area (Å²) in [4.78, 5) is 15.9. The second-order valence-corrected chi connectivity index (χ2v) is 15.7. The third-order valence-corrected chi connectivity index (χ3v) is 12.1. The van der Waals surface area contributed by atoms with Crippen LogP contribution < -0.4 is 14.8 Å². The first-order valence-corrected chi connectivity index (χ1v) is 18.9. The van der Waals surface area contributed by atoms with Crippen LogP contribution in [0.5, 0.6) is 11.5 Å². The quantitative estimate of drug-likeness (QED) is 0.274. The molecule has 1 spiro atoms. The highest BCUT2D eigenvalue weighted by molar-refractivity contribution is 7.89. The fourth-order valence-corrected chi connectivity index (χ4v) is 9.08. The Morgan fingerprint density at radius 3 is 2.51 bits per heavy atom. The lowest BCUT2D eigenvalue weighted by Crippen LogP contribution is -2.59. The number of methoxy groups -OCH3 is 1. The molecule has 53 heavy (non-hydrogen) atoms. The number of amides is 1. The molecule has 3 aliphatic rings. The predicted molar refractivity (Wildman–Crippen MR) is 186 cm³/mol. The van der Waals surface area contributed by atoms with Crippen LogP contribution in [0.4, 0.5) is 13.2 Å². The second kappa shape index (κ2) is 15.1. The summed E-state index contributed by atoms with van der Waals surface area (Å²) in [6.07, 6.45) is -2.38. The van der Waals surface area contributed by atoms with Gasteiger partial charge in [-0.15, -0.1) is 5.10 Å². The van der Waals surface area contributed by atoms with E-state index in [0.29, 0.717) is 57.2 Å². The summed E-state index contributed by atoms with van der Waals surface area (Å²) in [6.45, 7) is 2.19. The van der Waals surface area contributed by atoms with E-state index in [-0.39, 0.29) is 31.9 Å². The maximum atomic E-state index is 14.3. The predicted octanol–water partition coefficient (Wildman–Crippen LogP) is 4.64. The topological polar surface area (TPSA) is 128 Å². The Balaban J connectivity index is 1.12. The highest BCUT2D eigenvalue weighted by Gasteiger charge is 2.48. The molecule has 3 aliphatic heterocycles. The number of rotatable bonds is 8. The van der Waals surface area contributed by atoms with Crippen LogP contribution in [0, 0.1) is 0 Å². The minimum absolute atomic E-state index is 0.00356. The first-order valence-electron chi connectivity index (χ1n) is 17.5. The number of halogens is 3. The zero-order valence-electron chi connectivity index (χ0n) is 29.2. The highest BCUT2D eigenvalue weighted by atomic mass is 32.2. The van der Waals surface area contributed by atoms with E-state index in [4.69, 9.17) is 14.2 Å². The van der Waals surface area contributed by atoms with Crippen molar-refractivity contribution in [1.29, 1.82) is 0 Å². The lowest BCUT2D eigenvalue weighted by molar-refractivity contribution is -0.137. The molecule has 12 nitrogen and oxygen atoms in total. The van der Waals surface area contributed by atoms with Crippen molar-refractivity contribution in [3.8, 4) is 11.5 Å². The Hall–Kier alpha value is -4.51. The molecule has 1 N–H and O–H groups in total. The first-order chi connectivity index (χ1) is 25.4. The molecule has 1 amide bonds. The Kier molecular flexibility index (Phi) is 10.5. The van der Waals surface area contributed by atoms with Crippen molar-refractivity contribution in [2.75, 3.05) is 33.4 Å². The van der Waals surface area contributed by atoms with Crippen molar-refractivity contribution >= 4 is 15.9 Å². The molecule has 4 aromatic rings. The maximum absolute atomic E-state index is 14.3. The summed E-state index contributed by atoms with van der Waals surface area (Å²) in [7, 11) is -3.05. The van der Waals surface area contributed by atoms with Gasteiger partial charge in [-0.25, -0.2) is 13.1 Å². The Bertz CT molecular complexity index is 2020. The lowest BCUT2D eigenvalue weighted by atomic mass is 9.84. The van der Waals surface area contributed by atoms with Crippen LogP contribution in [0.3, 0.4) is 0 Å². The molecule has 282 valence electrons. The number of nitrogens with zero attached hydrogens (tertiary/aromatic N) is 5. The van der Waals surface area contributed by atoms with Crippen LogP contribution in [-0.2, 0) is 45.4 Å². The number of alkyl halides is 3. The summed E-state index contributed by atoms with van der Waals surface area (Å²) in [6, 6.07) is 18.7. The van der Waals surface area contributed by atoms with Crippen LogP contribution in [0.2, 0.25) is 0 Å². The maximum Gasteiger partial charge on any atom is 0.416 e. The summed E-state index contributed by atoms with van der Waals surface area (Å²) >= 11 is 0. The minimum atomic E-state index is -4.80. The molecule has 1 aromatic heterocycles. The monoisotopic (exact) mass is 754 g/mol. The first kappa shape index (κ1) is 36.8. The molecule has 2 saturated heterocycles. The number of ether oxygens (including phenoxy) is 3. The van der Waals surface area contributed by atoms with Gasteiger partial charge in [-0.05, 0) is 54.3 Å². The van der Waals surface area contributed by atoms with Gasteiger partial charge in [-0.2, -0.15) is 17.5 Å². The Morgan fingerprint density at radius 1 is 0.981 bits per heavy atom. The van der Waals surface area contributed by atoms with Gasteiger partial charge in [-0.1, -0.05) is 47.7 Å². The molecule has 0 aliphatic carbocycles. The number of aromatic nitrogens is 3.